The van der Waals surface area contributed by atoms with Crippen molar-refractivity contribution >= 4 is 73.1 Å². The van der Waals surface area contributed by atoms with E-state index in [-0.39, 0.29) is 63.1 Å². The number of carbonyl (C=O) groups is 1. The molecule has 9 heteroatoms. The largest absolute Gasteiger partial charge is 0.378 e. The molecule has 2 aliphatic carbocycles. The van der Waals surface area contributed by atoms with Gasteiger partial charge in [-0.25, -0.2) is 17.9 Å². The zero-order valence-electron chi connectivity index (χ0n) is 17.7. The number of anilines is 1. The second kappa shape index (κ2) is 9.47. The predicted octanol–water partition coefficient (Wildman–Crippen LogP) is 1.46. The Bertz CT molecular complexity index is 900. The van der Waals surface area contributed by atoms with Gasteiger partial charge in [-0.2, -0.15) is 0 Å². The van der Waals surface area contributed by atoms with E-state index in [1.54, 1.807) is 0 Å². The number of fused-ring (bicyclic) bond motifs is 2. The molecule has 0 bridgehead atoms. The number of hydrogen-bond acceptors (Lipinski definition) is 5. The minimum atomic E-state index is -3.67. The molecule has 159 valence electrons. The number of ether oxygens (including phenoxy) is 1. The van der Waals surface area contributed by atoms with Crippen LogP contribution < -0.4 is 10.0 Å². The average Bonchev–Trinajstić information content (AvgIpc) is 3.32. The summed E-state index contributed by atoms with van der Waals surface area (Å²) in [7, 11) is -3.67. The van der Waals surface area contributed by atoms with Crippen LogP contribution in [0.1, 0.15) is 41.5 Å². The Morgan fingerprint density at radius 3 is 2.37 bits per heavy atom. The Hall–Kier alpha value is -0.00364. The maximum atomic E-state index is 12.6. The second-order valence-corrected chi connectivity index (χ2v) is 10.7. The summed E-state index contributed by atoms with van der Waals surface area (Å²) in [5.74, 6) is 0.0568. The van der Waals surface area contributed by atoms with Gasteiger partial charge in [0, 0.05) is 63.6 Å². The standard InChI is InChI=1S/C21H29N3O4S.K/c25-21(22-20-18-5-1-3-15(18)9-16-4-2-6-19(16)20)23-29(26,27)13-14-7-8-24(10-14)17-11-28-12-17;/h9,14,17H,1-8,10-13H2,(H2,22,23,25);. The quantitative estimate of drug-likeness (QED) is 0.653. The van der Waals surface area contributed by atoms with Crippen LogP contribution in [0.25, 0.3) is 0 Å². The number of nitrogens with one attached hydrogen (secondary N) is 2. The Kier molecular flexibility index (Phi) is 7.31. The number of nitrogens with zero attached hydrogens (tertiary/aromatic N) is 1. The number of carbonyl (C=O) groups excluding carboxylic acids is 1. The minimum Gasteiger partial charge on any atom is -0.378 e. The number of urea groups is 1. The van der Waals surface area contributed by atoms with Crippen LogP contribution >= 0.6 is 0 Å². The second-order valence-electron chi connectivity index (χ2n) is 8.91. The number of likely N-dealkylation sites (tertiary alicyclic amines) is 1. The number of hydrogen-bond donors (Lipinski definition) is 2. The van der Waals surface area contributed by atoms with Crippen LogP contribution in [-0.4, -0.2) is 109 Å². The molecule has 2 saturated heterocycles. The molecule has 1 aromatic carbocycles. The van der Waals surface area contributed by atoms with Crippen molar-refractivity contribution in [2.24, 2.45) is 5.92 Å². The minimum absolute atomic E-state index is 0. The van der Waals surface area contributed by atoms with Gasteiger partial charge < -0.3 is 10.1 Å². The molecule has 4 aliphatic rings. The van der Waals surface area contributed by atoms with E-state index in [1.165, 1.54) is 22.3 Å². The van der Waals surface area contributed by atoms with Crippen LogP contribution in [0.2, 0.25) is 0 Å². The molecule has 5 rings (SSSR count). The Balaban J connectivity index is 0.00000218. The van der Waals surface area contributed by atoms with E-state index in [0.29, 0.717) is 6.04 Å². The monoisotopic (exact) mass is 458 g/mol. The molecule has 1 unspecified atom stereocenters. The molecule has 1 radical (unpaired) electrons. The molecule has 0 saturated carbocycles. The van der Waals surface area contributed by atoms with Crippen LogP contribution in [0.4, 0.5) is 10.5 Å². The van der Waals surface area contributed by atoms with Gasteiger partial charge in [0.1, 0.15) is 0 Å². The number of rotatable bonds is 5. The van der Waals surface area contributed by atoms with Crippen molar-refractivity contribution in [2.75, 3.05) is 37.4 Å². The van der Waals surface area contributed by atoms with Crippen LogP contribution in [0.5, 0.6) is 0 Å². The summed E-state index contributed by atoms with van der Waals surface area (Å²) < 4.78 is 32.7. The van der Waals surface area contributed by atoms with Crippen molar-refractivity contribution in [3.8, 4) is 0 Å². The summed E-state index contributed by atoms with van der Waals surface area (Å²) in [5.41, 5.74) is 5.90. The van der Waals surface area contributed by atoms with Crippen molar-refractivity contribution in [3.05, 3.63) is 28.3 Å². The van der Waals surface area contributed by atoms with E-state index in [1.807, 2.05) is 0 Å². The van der Waals surface area contributed by atoms with Gasteiger partial charge in [0.15, 0.2) is 0 Å². The van der Waals surface area contributed by atoms with Crippen LogP contribution in [-0.2, 0) is 40.4 Å². The topological polar surface area (TPSA) is 87.7 Å². The van der Waals surface area contributed by atoms with Gasteiger partial charge in [0.05, 0.1) is 25.0 Å². The molecule has 2 heterocycles. The maximum Gasteiger partial charge on any atom is 0.332 e. The maximum absolute atomic E-state index is 12.6. The zero-order valence-corrected chi connectivity index (χ0v) is 21.6. The summed E-state index contributed by atoms with van der Waals surface area (Å²) in [6, 6.07) is 2.10. The Morgan fingerprint density at radius 2 is 1.77 bits per heavy atom. The normalized spacial score (nSPS) is 23.4. The Morgan fingerprint density at radius 1 is 1.10 bits per heavy atom. The number of benzene rings is 1. The third kappa shape index (κ3) is 4.83. The number of aryl methyl sites for hydroxylation is 2. The molecule has 2 amide bonds. The van der Waals surface area contributed by atoms with E-state index in [2.05, 4.69) is 21.0 Å². The molecule has 0 aromatic heterocycles. The van der Waals surface area contributed by atoms with Crippen LogP contribution in [0.15, 0.2) is 6.07 Å². The van der Waals surface area contributed by atoms with E-state index >= 15 is 0 Å². The van der Waals surface area contributed by atoms with Crippen molar-refractivity contribution in [2.45, 2.75) is 51.0 Å². The van der Waals surface area contributed by atoms with E-state index < -0.39 is 16.1 Å². The number of amides is 2. The molecule has 0 spiro atoms. The average molecular weight is 459 g/mol. The summed E-state index contributed by atoms with van der Waals surface area (Å²) in [4.78, 5) is 14.9. The molecule has 1 aromatic rings. The fraction of sp³-hybridized carbons (Fsp3) is 0.667. The molecule has 2 fully saturated rings. The van der Waals surface area contributed by atoms with Crippen molar-refractivity contribution < 1.29 is 17.9 Å². The molecule has 30 heavy (non-hydrogen) atoms. The van der Waals surface area contributed by atoms with Gasteiger partial charge in [0.25, 0.3) is 0 Å². The van der Waals surface area contributed by atoms with Gasteiger partial charge in [-0.1, -0.05) is 6.07 Å². The molecular weight excluding hydrogens is 429 g/mol. The molecule has 1 atom stereocenters. The van der Waals surface area contributed by atoms with Crippen molar-refractivity contribution in [1.29, 1.82) is 0 Å². The van der Waals surface area contributed by atoms with Crippen LogP contribution in [0.3, 0.4) is 0 Å². The smallest absolute Gasteiger partial charge is 0.332 e. The van der Waals surface area contributed by atoms with Gasteiger partial charge in [-0.05, 0) is 79.7 Å². The first-order valence-electron chi connectivity index (χ1n) is 10.8. The first kappa shape index (κ1) is 23.2. The van der Waals surface area contributed by atoms with E-state index in [9.17, 15) is 13.2 Å². The van der Waals surface area contributed by atoms with Gasteiger partial charge in [-0.15, -0.1) is 0 Å². The summed E-state index contributed by atoms with van der Waals surface area (Å²) in [6.07, 6.45) is 7.02. The third-order valence-corrected chi connectivity index (χ3v) is 8.28. The van der Waals surface area contributed by atoms with Gasteiger partial charge in [-0.3, -0.25) is 4.90 Å². The van der Waals surface area contributed by atoms with Crippen LogP contribution in [0, 0.1) is 5.92 Å². The predicted molar refractivity (Wildman–Crippen MR) is 116 cm³/mol. The summed E-state index contributed by atoms with van der Waals surface area (Å²) >= 11 is 0. The van der Waals surface area contributed by atoms with E-state index in [0.717, 1.165) is 76.9 Å². The molecule has 7 nitrogen and oxygen atoms in total. The van der Waals surface area contributed by atoms with Crippen molar-refractivity contribution in [1.82, 2.24) is 9.62 Å². The molecular formula is C21H29KN3O4S. The van der Waals surface area contributed by atoms with E-state index in [4.69, 9.17) is 4.74 Å². The van der Waals surface area contributed by atoms with Gasteiger partial charge in [0.2, 0.25) is 10.0 Å². The van der Waals surface area contributed by atoms with Crippen molar-refractivity contribution in [3.63, 3.8) is 0 Å². The fourth-order valence-corrected chi connectivity index (χ4v) is 6.67. The zero-order chi connectivity index (χ0) is 20.0. The first-order valence-corrected chi connectivity index (χ1v) is 12.4. The SMILES string of the molecule is O=C(Nc1c2c(cc3c1CCC3)CCC2)NS(=O)(=O)CC1CCN(C2COC2)C1.[K]. The first-order chi connectivity index (χ1) is 14.0. The summed E-state index contributed by atoms with van der Waals surface area (Å²) in [6.45, 7) is 3.15. The van der Waals surface area contributed by atoms with Gasteiger partial charge >= 0.3 is 6.03 Å². The Labute approximate surface area is 221 Å². The summed E-state index contributed by atoms with van der Waals surface area (Å²) in [5, 5.41) is 2.91. The number of sulfonamides is 1. The third-order valence-electron chi connectivity index (χ3n) is 6.87. The molecule has 2 aliphatic heterocycles. The fourth-order valence-electron chi connectivity index (χ4n) is 5.36. The molecule has 2 N–H and O–H groups in total.